The van der Waals surface area contributed by atoms with Crippen molar-refractivity contribution in [3.63, 3.8) is 0 Å². The molecule has 2 aromatic heterocycles. The van der Waals surface area contributed by atoms with Crippen molar-refractivity contribution >= 4 is 0 Å². The van der Waals surface area contributed by atoms with Crippen LogP contribution in [0.1, 0.15) is 74.9 Å². The van der Waals surface area contributed by atoms with Gasteiger partial charge in [-0.1, -0.05) is 24.2 Å². The van der Waals surface area contributed by atoms with Crippen LogP contribution in [0.25, 0.3) is 0 Å². The molecule has 2 aromatic rings. The van der Waals surface area contributed by atoms with Crippen LogP contribution in [-0.2, 0) is 11.3 Å². The molecule has 0 radical (unpaired) electrons. The van der Waals surface area contributed by atoms with Gasteiger partial charge in [-0.3, -0.25) is 4.90 Å². The molecule has 3 heterocycles. The Bertz CT molecular complexity index is 693. The highest BCUT2D eigenvalue weighted by molar-refractivity contribution is 5.07. The third-order valence-electron chi connectivity index (χ3n) is 4.57. The number of morpholine rings is 1. The molecule has 0 spiro atoms. The summed E-state index contributed by atoms with van der Waals surface area (Å²) in [5, 5.41) is 8.23. The standard InChI is InChI=1S/C16H23N5O3/c1-9(2)15-17-12(19-23-15)8-21-6-7-22-10(3)13(21)16-18-14(20-24-16)11-4-5-11/h9-11,13H,4-8H2,1-3H3/t10-,13+/m1/s1. The average molecular weight is 333 g/mol. The maximum absolute atomic E-state index is 5.81. The Morgan fingerprint density at radius 3 is 2.71 bits per heavy atom. The van der Waals surface area contributed by atoms with Crippen LogP contribution in [-0.4, -0.2) is 44.4 Å². The fourth-order valence-corrected chi connectivity index (χ4v) is 3.04. The van der Waals surface area contributed by atoms with Gasteiger partial charge in [0.25, 0.3) is 0 Å². The van der Waals surface area contributed by atoms with Crippen LogP contribution in [0.3, 0.4) is 0 Å². The van der Waals surface area contributed by atoms with Crippen molar-refractivity contribution in [2.75, 3.05) is 13.2 Å². The molecule has 2 atom stereocenters. The smallest absolute Gasteiger partial charge is 0.246 e. The number of hydrogen-bond donors (Lipinski definition) is 0. The first-order valence-electron chi connectivity index (χ1n) is 8.63. The van der Waals surface area contributed by atoms with E-state index >= 15 is 0 Å². The SMILES string of the molecule is CC(C)c1nc(CN2CCO[C@H](C)[C@H]2c2nc(C3CC3)no2)no1. The van der Waals surface area contributed by atoms with Crippen LogP contribution in [0.2, 0.25) is 0 Å². The fourth-order valence-electron chi connectivity index (χ4n) is 3.04. The molecular formula is C16H23N5O3. The Balaban J connectivity index is 1.54. The lowest BCUT2D eigenvalue weighted by Crippen LogP contribution is -2.44. The molecule has 24 heavy (non-hydrogen) atoms. The van der Waals surface area contributed by atoms with Crippen LogP contribution in [0, 0.1) is 0 Å². The highest BCUT2D eigenvalue weighted by Crippen LogP contribution is 2.39. The average Bonchev–Trinajstić information content (AvgIpc) is 3.09. The van der Waals surface area contributed by atoms with Crippen LogP contribution in [0.15, 0.2) is 9.05 Å². The van der Waals surface area contributed by atoms with E-state index in [0.29, 0.717) is 36.7 Å². The van der Waals surface area contributed by atoms with Crippen molar-refractivity contribution in [2.45, 2.75) is 64.1 Å². The van der Waals surface area contributed by atoms with Gasteiger partial charge in [-0.05, 0) is 19.8 Å². The molecule has 2 aliphatic rings. The summed E-state index contributed by atoms with van der Waals surface area (Å²) in [7, 11) is 0. The molecule has 1 aliphatic carbocycles. The molecule has 2 fully saturated rings. The van der Waals surface area contributed by atoms with Crippen LogP contribution < -0.4 is 0 Å². The van der Waals surface area contributed by atoms with Gasteiger partial charge < -0.3 is 13.8 Å². The molecule has 8 heteroatoms. The molecule has 4 rings (SSSR count). The molecule has 1 saturated heterocycles. The van der Waals surface area contributed by atoms with E-state index in [1.165, 1.54) is 0 Å². The van der Waals surface area contributed by atoms with E-state index in [1.807, 2.05) is 20.8 Å². The van der Waals surface area contributed by atoms with E-state index in [4.69, 9.17) is 13.8 Å². The Hall–Kier alpha value is -1.80. The molecule has 0 unspecified atom stereocenters. The van der Waals surface area contributed by atoms with Crippen molar-refractivity contribution < 1.29 is 13.8 Å². The predicted molar refractivity (Wildman–Crippen MR) is 83.2 cm³/mol. The Morgan fingerprint density at radius 2 is 2.00 bits per heavy atom. The van der Waals surface area contributed by atoms with Gasteiger partial charge in [-0.25, -0.2) is 0 Å². The van der Waals surface area contributed by atoms with Gasteiger partial charge in [0.05, 0.1) is 19.3 Å². The topological polar surface area (TPSA) is 90.3 Å². The van der Waals surface area contributed by atoms with E-state index in [2.05, 4.69) is 25.2 Å². The number of nitrogens with zero attached hydrogens (tertiary/aromatic N) is 5. The first-order chi connectivity index (χ1) is 11.6. The van der Waals surface area contributed by atoms with E-state index in [0.717, 1.165) is 25.2 Å². The summed E-state index contributed by atoms with van der Waals surface area (Å²) in [5.41, 5.74) is 0. The minimum absolute atomic E-state index is 0.0253. The summed E-state index contributed by atoms with van der Waals surface area (Å²) in [6, 6.07) is -0.0836. The molecule has 1 aliphatic heterocycles. The van der Waals surface area contributed by atoms with Crippen molar-refractivity contribution in [3.8, 4) is 0 Å². The normalized spacial score (nSPS) is 25.5. The van der Waals surface area contributed by atoms with E-state index in [-0.39, 0.29) is 18.1 Å². The molecular weight excluding hydrogens is 310 g/mol. The van der Waals surface area contributed by atoms with E-state index < -0.39 is 0 Å². The van der Waals surface area contributed by atoms with Crippen molar-refractivity contribution in [3.05, 3.63) is 23.4 Å². The van der Waals surface area contributed by atoms with E-state index in [1.54, 1.807) is 0 Å². The first-order valence-corrected chi connectivity index (χ1v) is 8.63. The zero-order valence-electron chi connectivity index (χ0n) is 14.3. The Kier molecular flexibility index (Phi) is 4.09. The van der Waals surface area contributed by atoms with Crippen LogP contribution >= 0.6 is 0 Å². The van der Waals surface area contributed by atoms with Crippen molar-refractivity contribution in [1.29, 1.82) is 0 Å². The van der Waals surface area contributed by atoms with Gasteiger partial charge in [0.1, 0.15) is 6.04 Å². The minimum atomic E-state index is -0.0836. The maximum Gasteiger partial charge on any atom is 0.246 e. The lowest BCUT2D eigenvalue weighted by molar-refractivity contribution is -0.0772. The predicted octanol–water partition coefficient (Wildman–Crippen LogP) is 2.42. The molecule has 130 valence electrons. The lowest BCUT2D eigenvalue weighted by Gasteiger charge is -2.36. The van der Waals surface area contributed by atoms with Gasteiger partial charge in [0.15, 0.2) is 11.6 Å². The summed E-state index contributed by atoms with van der Waals surface area (Å²) in [4.78, 5) is 11.3. The summed E-state index contributed by atoms with van der Waals surface area (Å²) in [6.07, 6.45) is 2.28. The molecule has 0 aromatic carbocycles. The molecule has 1 saturated carbocycles. The molecule has 0 N–H and O–H groups in total. The second-order valence-corrected chi connectivity index (χ2v) is 6.96. The lowest BCUT2D eigenvalue weighted by atomic mass is 10.1. The third kappa shape index (κ3) is 3.08. The Morgan fingerprint density at radius 1 is 1.17 bits per heavy atom. The number of ether oxygens (including phenoxy) is 1. The van der Waals surface area contributed by atoms with Gasteiger partial charge >= 0.3 is 0 Å². The first kappa shape index (κ1) is 15.7. The van der Waals surface area contributed by atoms with Crippen LogP contribution in [0.5, 0.6) is 0 Å². The quantitative estimate of drug-likeness (QED) is 0.824. The molecule has 0 amide bonds. The summed E-state index contributed by atoms with van der Waals surface area (Å²) >= 11 is 0. The largest absolute Gasteiger partial charge is 0.375 e. The van der Waals surface area contributed by atoms with Gasteiger partial charge in [-0.15, -0.1) is 0 Å². The molecule has 8 nitrogen and oxygen atoms in total. The maximum atomic E-state index is 5.81. The number of aromatic nitrogens is 4. The van der Waals surface area contributed by atoms with E-state index in [9.17, 15) is 0 Å². The van der Waals surface area contributed by atoms with Crippen molar-refractivity contribution in [1.82, 2.24) is 25.2 Å². The van der Waals surface area contributed by atoms with Gasteiger partial charge in [-0.2, -0.15) is 9.97 Å². The fraction of sp³-hybridized carbons (Fsp3) is 0.750. The summed E-state index contributed by atoms with van der Waals surface area (Å²) < 4.78 is 16.7. The summed E-state index contributed by atoms with van der Waals surface area (Å²) in [6.45, 7) is 8.12. The van der Waals surface area contributed by atoms with Crippen LogP contribution in [0.4, 0.5) is 0 Å². The second-order valence-electron chi connectivity index (χ2n) is 6.96. The number of hydrogen-bond acceptors (Lipinski definition) is 8. The van der Waals surface area contributed by atoms with Gasteiger partial charge in [0, 0.05) is 18.4 Å². The third-order valence-corrected chi connectivity index (χ3v) is 4.57. The zero-order chi connectivity index (χ0) is 16.7. The monoisotopic (exact) mass is 333 g/mol. The highest BCUT2D eigenvalue weighted by atomic mass is 16.5. The zero-order valence-corrected chi connectivity index (χ0v) is 14.3. The van der Waals surface area contributed by atoms with Gasteiger partial charge in [0.2, 0.25) is 11.8 Å². The highest BCUT2D eigenvalue weighted by Gasteiger charge is 2.37. The van der Waals surface area contributed by atoms with Crippen molar-refractivity contribution in [2.24, 2.45) is 0 Å². The number of rotatable bonds is 5. The molecule has 0 bridgehead atoms. The summed E-state index contributed by atoms with van der Waals surface area (Å²) in [5.74, 6) is 3.49. The minimum Gasteiger partial charge on any atom is -0.375 e. The second kappa shape index (κ2) is 6.25. The Labute approximate surface area is 140 Å².